The second-order valence-electron chi connectivity index (χ2n) is 6.63. The molecule has 116 valence electrons. The molecule has 1 N–H and O–H groups in total. The molecule has 2 fully saturated rings. The zero-order valence-corrected chi connectivity index (χ0v) is 13.1. The van der Waals surface area contributed by atoms with Crippen molar-refractivity contribution in [3.8, 4) is 0 Å². The number of nitrogens with zero attached hydrogens (tertiary/aromatic N) is 1. The van der Waals surface area contributed by atoms with Gasteiger partial charge < -0.3 is 5.32 Å². The molecule has 1 saturated heterocycles. The van der Waals surface area contributed by atoms with Gasteiger partial charge in [0.05, 0.1) is 0 Å². The SMILES string of the molecule is Cc1cc(F)ccc1[C@H](C1CCCCC1)N1CCNCC1. The number of piperazine rings is 1. The van der Waals surface area contributed by atoms with Crippen LogP contribution in [0.15, 0.2) is 18.2 Å². The highest BCUT2D eigenvalue weighted by Gasteiger charge is 2.31. The van der Waals surface area contributed by atoms with E-state index in [2.05, 4.69) is 17.1 Å². The zero-order chi connectivity index (χ0) is 14.7. The fourth-order valence-electron chi connectivity index (χ4n) is 4.13. The van der Waals surface area contributed by atoms with Gasteiger partial charge in [0.1, 0.15) is 5.82 Å². The van der Waals surface area contributed by atoms with E-state index < -0.39 is 0 Å². The first-order chi connectivity index (χ1) is 10.3. The van der Waals surface area contributed by atoms with Crippen LogP contribution in [-0.4, -0.2) is 31.1 Å². The smallest absolute Gasteiger partial charge is 0.123 e. The van der Waals surface area contributed by atoms with Crippen molar-refractivity contribution in [2.24, 2.45) is 5.92 Å². The highest BCUT2D eigenvalue weighted by Crippen LogP contribution is 2.39. The summed E-state index contributed by atoms with van der Waals surface area (Å²) in [6.07, 6.45) is 6.74. The first-order valence-corrected chi connectivity index (χ1v) is 8.46. The maximum Gasteiger partial charge on any atom is 0.123 e. The third-order valence-corrected chi connectivity index (χ3v) is 5.19. The van der Waals surface area contributed by atoms with E-state index in [-0.39, 0.29) is 5.82 Å². The average molecular weight is 290 g/mol. The fourth-order valence-corrected chi connectivity index (χ4v) is 4.13. The molecule has 1 heterocycles. The van der Waals surface area contributed by atoms with E-state index in [1.54, 1.807) is 12.1 Å². The predicted molar refractivity (Wildman–Crippen MR) is 84.9 cm³/mol. The predicted octanol–water partition coefficient (Wildman–Crippen LogP) is 3.66. The minimum absolute atomic E-state index is 0.112. The lowest BCUT2D eigenvalue weighted by atomic mass is 9.79. The summed E-state index contributed by atoms with van der Waals surface area (Å²) in [5.41, 5.74) is 2.47. The lowest BCUT2D eigenvalue weighted by Gasteiger charge is -2.41. The molecule has 0 amide bonds. The van der Waals surface area contributed by atoms with Gasteiger partial charge in [0.25, 0.3) is 0 Å². The largest absolute Gasteiger partial charge is 0.314 e. The van der Waals surface area contributed by atoms with E-state index in [1.807, 2.05) is 6.07 Å². The van der Waals surface area contributed by atoms with Crippen molar-refractivity contribution in [3.63, 3.8) is 0 Å². The van der Waals surface area contributed by atoms with E-state index in [0.29, 0.717) is 6.04 Å². The highest BCUT2D eigenvalue weighted by atomic mass is 19.1. The van der Waals surface area contributed by atoms with E-state index in [0.717, 1.165) is 37.7 Å². The molecule has 1 saturated carbocycles. The molecule has 0 unspecified atom stereocenters. The number of rotatable bonds is 3. The molecule has 1 aliphatic heterocycles. The molecule has 1 aliphatic carbocycles. The number of hydrogen-bond acceptors (Lipinski definition) is 2. The molecule has 0 bridgehead atoms. The number of hydrogen-bond donors (Lipinski definition) is 1. The van der Waals surface area contributed by atoms with Crippen LogP contribution in [0.2, 0.25) is 0 Å². The van der Waals surface area contributed by atoms with Gasteiger partial charge in [0, 0.05) is 32.2 Å². The summed E-state index contributed by atoms with van der Waals surface area (Å²) in [7, 11) is 0. The van der Waals surface area contributed by atoms with Crippen molar-refractivity contribution in [1.29, 1.82) is 0 Å². The topological polar surface area (TPSA) is 15.3 Å². The fraction of sp³-hybridized carbons (Fsp3) is 0.667. The van der Waals surface area contributed by atoms with Gasteiger partial charge in [-0.05, 0) is 48.9 Å². The number of halogens is 1. The summed E-state index contributed by atoms with van der Waals surface area (Å²) in [5.74, 6) is 0.625. The summed E-state index contributed by atoms with van der Waals surface area (Å²) in [5, 5.41) is 3.45. The summed E-state index contributed by atoms with van der Waals surface area (Å²) in [6, 6.07) is 5.85. The lowest BCUT2D eigenvalue weighted by molar-refractivity contribution is 0.103. The summed E-state index contributed by atoms with van der Waals surface area (Å²) < 4.78 is 13.5. The van der Waals surface area contributed by atoms with E-state index >= 15 is 0 Å². The Hall–Kier alpha value is -0.930. The molecule has 2 aliphatic rings. The van der Waals surface area contributed by atoms with Crippen molar-refractivity contribution in [1.82, 2.24) is 10.2 Å². The van der Waals surface area contributed by atoms with Crippen LogP contribution in [-0.2, 0) is 0 Å². The van der Waals surface area contributed by atoms with Crippen molar-refractivity contribution in [3.05, 3.63) is 35.1 Å². The maximum absolute atomic E-state index is 13.5. The third kappa shape index (κ3) is 3.46. The number of nitrogens with one attached hydrogen (secondary N) is 1. The Morgan fingerprint density at radius 3 is 2.52 bits per heavy atom. The number of aryl methyl sites for hydroxylation is 1. The molecule has 3 heteroatoms. The summed E-state index contributed by atoms with van der Waals surface area (Å²) in [4.78, 5) is 2.63. The van der Waals surface area contributed by atoms with Crippen LogP contribution in [0.3, 0.4) is 0 Å². The molecule has 3 rings (SSSR count). The highest BCUT2D eigenvalue weighted by molar-refractivity contribution is 5.30. The molecule has 0 radical (unpaired) electrons. The Morgan fingerprint density at radius 1 is 1.14 bits per heavy atom. The second kappa shape index (κ2) is 6.89. The first-order valence-electron chi connectivity index (χ1n) is 8.46. The molecule has 0 aromatic heterocycles. The molecule has 1 aromatic rings. The van der Waals surface area contributed by atoms with Crippen LogP contribution in [0.5, 0.6) is 0 Å². The van der Waals surface area contributed by atoms with Gasteiger partial charge in [0.2, 0.25) is 0 Å². The molecule has 2 nitrogen and oxygen atoms in total. The maximum atomic E-state index is 13.5. The zero-order valence-electron chi connectivity index (χ0n) is 13.1. The number of benzene rings is 1. The minimum atomic E-state index is -0.112. The molecule has 1 atom stereocenters. The molecular formula is C18H27FN2. The van der Waals surface area contributed by atoms with Crippen LogP contribution in [0.4, 0.5) is 4.39 Å². The van der Waals surface area contributed by atoms with E-state index in [4.69, 9.17) is 0 Å². The van der Waals surface area contributed by atoms with Gasteiger partial charge in [-0.2, -0.15) is 0 Å². The second-order valence-corrected chi connectivity index (χ2v) is 6.63. The van der Waals surface area contributed by atoms with Gasteiger partial charge >= 0.3 is 0 Å². The van der Waals surface area contributed by atoms with Gasteiger partial charge in [-0.1, -0.05) is 25.3 Å². The lowest BCUT2D eigenvalue weighted by Crippen LogP contribution is -2.47. The van der Waals surface area contributed by atoms with Crippen LogP contribution in [0, 0.1) is 18.7 Å². The Bertz CT molecular complexity index is 444. The summed E-state index contributed by atoms with van der Waals surface area (Å²) >= 11 is 0. The van der Waals surface area contributed by atoms with E-state index in [9.17, 15) is 4.39 Å². The van der Waals surface area contributed by atoms with Gasteiger partial charge in [-0.25, -0.2) is 4.39 Å². The van der Waals surface area contributed by atoms with Crippen LogP contribution in [0.25, 0.3) is 0 Å². The molecule has 0 spiro atoms. The van der Waals surface area contributed by atoms with E-state index in [1.165, 1.54) is 37.7 Å². The molecule has 1 aromatic carbocycles. The van der Waals surface area contributed by atoms with Crippen molar-refractivity contribution in [2.75, 3.05) is 26.2 Å². The average Bonchev–Trinajstić information content (AvgIpc) is 2.52. The third-order valence-electron chi connectivity index (χ3n) is 5.19. The van der Waals surface area contributed by atoms with Crippen LogP contribution >= 0.6 is 0 Å². The van der Waals surface area contributed by atoms with Crippen LogP contribution < -0.4 is 5.32 Å². The van der Waals surface area contributed by atoms with Crippen molar-refractivity contribution >= 4 is 0 Å². The summed E-state index contributed by atoms with van der Waals surface area (Å²) in [6.45, 7) is 6.43. The van der Waals surface area contributed by atoms with Gasteiger partial charge in [-0.3, -0.25) is 4.90 Å². The van der Waals surface area contributed by atoms with Gasteiger partial charge in [0.15, 0.2) is 0 Å². The van der Waals surface area contributed by atoms with Crippen molar-refractivity contribution < 1.29 is 4.39 Å². The molecular weight excluding hydrogens is 263 g/mol. The minimum Gasteiger partial charge on any atom is -0.314 e. The monoisotopic (exact) mass is 290 g/mol. The Balaban J connectivity index is 1.89. The van der Waals surface area contributed by atoms with Gasteiger partial charge in [-0.15, -0.1) is 0 Å². The van der Waals surface area contributed by atoms with Crippen molar-refractivity contribution in [2.45, 2.75) is 45.1 Å². The Labute approximate surface area is 127 Å². The van der Waals surface area contributed by atoms with Crippen LogP contribution in [0.1, 0.15) is 49.3 Å². The Morgan fingerprint density at radius 2 is 1.86 bits per heavy atom. The Kier molecular flexibility index (Phi) is 4.91. The molecule has 21 heavy (non-hydrogen) atoms. The quantitative estimate of drug-likeness (QED) is 0.914. The normalized spacial score (nSPS) is 23.1. The standard InChI is InChI=1S/C18H27FN2/c1-14-13-16(19)7-8-17(14)18(15-5-3-2-4-6-15)21-11-9-20-10-12-21/h7-8,13,15,18,20H,2-6,9-12H2,1H3/t18-/m0/s1. The first kappa shape index (κ1) is 15.0.